The summed E-state index contributed by atoms with van der Waals surface area (Å²) in [6.45, 7) is 0. The summed E-state index contributed by atoms with van der Waals surface area (Å²) in [5.74, 6) is 0.719. The van der Waals surface area contributed by atoms with E-state index in [-0.39, 0.29) is 0 Å². The van der Waals surface area contributed by atoms with Gasteiger partial charge >= 0.3 is 0 Å². The van der Waals surface area contributed by atoms with Crippen molar-refractivity contribution in [3.63, 3.8) is 0 Å². The second-order valence-electron chi connectivity index (χ2n) is 4.31. The smallest absolute Gasteiger partial charge is 0.130 e. The lowest BCUT2D eigenvalue weighted by molar-refractivity contribution is 1.29. The van der Waals surface area contributed by atoms with Crippen LogP contribution in [0.2, 0.25) is 0 Å². The molecule has 1 N–H and O–H groups in total. The quantitative estimate of drug-likeness (QED) is 0.749. The Hall–Kier alpha value is -2.38. The third kappa shape index (κ3) is 2.36. The minimum atomic E-state index is 0.552. The molecule has 0 aliphatic carbocycles. The molecule has 0 radical (unpaired) electrons. The summed E-state index contributed by atoms with van der Waals surface area (Å²) in [5.41, 5.74) is 1.54. The Kier molecular flexibility index (Phi) is 3.36. The van der Waals surface area contributed by atoms with E-state index in [4.69, 9.17) is 5.26 Å². The Balaban J connectivity index is 2.02. The van der Waals surface area contributed by atoms with E-state index in [1.807, 2.05) is 24.3 Å². The van der Waals surface area contributed by atoms with Crippen molar-refractivity contribution in [2.24, 2.45) is 0 Å². The van der Waals surface area contributed by atoms with Crippen molar-refractivity contribution in [2.75, 3.05) is 5.32 Å². The van der Waals surface area contributed by atoms with Gasteiger partial charge in [-0.05, 0) is 29.7 Å². The molecule has 0 fully saturated rings. The maximum Gasteiger partial charge on any atom is 0.130 e. The largest absolute Gasteiger partial charge is 0.340 e. The van der Waals surface area contributed by atoms with Gasteiger partial charge in [0.15, 0.2) is 0 Å². The van der Waals surface area contributed by atoms with Crippen molar-refractivity contribution in [1.29, 1.82) is 5.26 Å². The van der Waals surface area contributed by atoms with Crippen molar-refractivity contribution in [3.05, 3.63) is 64.8 Å². The minimum Gasteiger partial charge on any atom is -0.340 e. The van der Waals surface area contributed by atoms with Gasteiger partial charge in [0.25, 0.3) is 0 Å². The summed E-state index contributed by atoms with van der Waals surface area (Å²) in [7, 11) is 0. The van der Waals surface area contributed by atoms with Gasteiger partial charge in [-0.25, -0.2) is 4.98 Å². The zero-order chi connectivity index (χ0) is 13.9. The van der Waals surface area contributed by atoms with Crippen LogP contribution in [0.5, 0.6) is 0 Å². The molecule has 0 unspecified atom stereocenters. The molecule has 0 spiro atoms. The van der Waals surface area contributed by atoms with Crippen molar-refractivity contribution < 1.29 is 0 Å². The molecule has 1 aromatic heterocycles. The van der Waals surface area contributed by atoms with Crippen LogP contribution in [0.1, 0.15) is 5.56 Å². The monoisotopic (exact) mass is 323 g/mol. The fourth-order valence-corrected chi connectivity index (χ4v) is 2.52. The molecule has 0 saturated carbocycles. The molecule has 0 amide bonds. The molecular formula is C16H10BrN3. The summed E-state index contributed by atoms with van der Waals surface area (Å²) in [4.78, 5) is 4.23. The molecule has 2 aromatic carbocycles. The highest BCUT2D eigenvalue weighted by Crippen LogP contribution is 2.31. The van der Waals surface area contributed by atoms with E-state index in [1.54, 1.807) is 18.3 Å². The highest BCUT2D eigenvalue weighted by Gasteiger charge is 2.04. The van der Waals surface area contributed by atoms with Crippen molar-refractivity contribution in [3.8, 4) is 6.07 Å². The van der Waals surface area contributed by atoms with E-state index in [0.717, 1.165) is 26.8 Å². The first-order chi connectivity index (χ1) is 9.78. The van der Waals surface area contributed by atoms with Gasteiger partial charge in [0.1, 0.15) is 11.9 Å². The number of aromatic nitrogens is 1. The number of halogens is 1. The maximum atomic E-state index is 8.77. The van der Waals surface area contributed by atoms with Crippen molar-refractivity contribution in [1.82, 2.24) is 4.98 Å². The van der Waals surface area contributed by atoms with E-state index < -0.39 is 0 Å². The number of anilines is 2. The van der Waals surface area contributed by atoms with Gasteiger partial charge in [0.2, 0.25) is 0 Å². The molecule has 96 valence electrons. The number of pyridine rings is 1. The zero-order valence-electron chi connectivity index (χ0n) is 10.5. The first-order valence-electron chi connectivity index (χ1n) is 6.08. The molecule has 0 saturated heterocycles. The molecule has 1 heterocycles. The highest BCUT2D eigenvalue weighted by atomic mass is 79.9. The van der Waals surface area contributed by atoms with Crippen LogP contribution in [0.3, 0.4) is 0 Å². The lowest BCUT2D eigenvalue weighted by Gasteiger charge is -2.10. The van der Waals surface area contributed by atoms with Gasteiger partial charge < -0.3 is 5.32 Å². The number of fused-ring (bicyclic) bond motifs is 1. The predicted molar refractivity (Wildman–Crippen MR) is 83.9 cm³/mol. The summed E-state index contributed by atoms with van der Waals surface area (Å²) in [5, 5.41) is 14.3. The van der Waals surface area contributed by atoms with Crippen LogP contribution in [0.25, 0.3) is 10.8 Å². The Morgan fingerprint density at radius 1 is 1.00 bits per heavy atom. The van der Waals surface area contributed by atoms with E-state index >= 15 is 0 Å². The van der Waals surface area contributed by atoms with Crippen LogP contribution >= 0.6 is 15.9 Å². The molecule has 4 heteroatoms. The van der Waals surface area contributed by atoms with Gasteiger partial charge in [0, 0.05) is 21.7 Å². The molecular weight excluding hydrogens is 314 g/mol. The topological polar surface area (TPSA) is 48.7 Å². The Labute approximate surface area is 125 Å². The molecule has 0 aliphatic heterocycles. The van der Waals surface area contributed by atoms with Crippen LogP contribution in [0.15, 0.2) is 59.2 Å². The van der Waals surface area contributed by atoms with Crippen LogP contribution in [-0.2, 0) is 0 Å². The molecule has 3 rings (SSSR count). The fraction of sp³-hybridized carbons (Fsp3) is 0. The van der Waals surface area contributed by atoms with Crippen molar-refractivity contribution in [2.45, 2.75) is 0 Å². The maximum absolute atomic E-state index is 8.77. The average molecular weight is 324 g/mol. The van der Waals surface area contributed by atoms with Gasteiger partial charge in [-0.3, -0.25) is 0 Å². The number of benzene rings is 2. The zero-order valence-corrected chi connectivity index (χ0v) is 12.1. The second-order valence-corrected chi connectivity index (χ2v) is 5.16. The Morgan fingerprint density at radius 2 is 1.80 bits per heavy atom. The third-order valence-electron chi connectivity index (χ3n) is 3.03. The number of nitrogens with zero attached hydrogens (tertiary/aromatic N) is 2. The van der Waals surface area contributed by atoms with E-state index in [2.05, 4.69) is 44.4 Å². The van der Waals surface area contributed by atoms with Crippen LogP contribution in [0, 0.1) is 11.3 Å². The highest BCUT2D eigenvalue weighted by molar-refractivity contribution is 9.10. The van der Waals surface area contributed by atoms with Crippen LogP contribution in [0.4, 0.5) is 11.5 Å². The first-order valence-corrected chi connectivity index (χ1v) is 6.87. The molecule has 0 atom stereocenters. The van der Waals surface area contributed by atoms with Crippen molar-refractivity contribution >= 4 is 38.2 Å². The van der Waals surface area contributed by atoms with E-state index in [0.29, 0.717) is 5.56 Å². The standard InChI is InChI=1S/C16H10BrN3/c17-14-6-7-15(13-4-2-1-3-12(13)14)20-16-8-5-11(9-18)10-19-16/h1-8,10H,(H,19,20). The Morgan fingerprint density at radius 3 is 2.50 bits per heavy atom. The van der Waals surface area contributed by atoms with Crippen LogP contribution in [-0.4, -0.2) is 4.98 Å². The van der Waals surface area contributed by atoms with Gasteiger partial charge in [-0.1, -0.05) is 40.2 Å². The number of rotatable bonds is 2. The normalized spacial score (nSPS) is 10.2. The Bertz CT molecular complexity index is 804. The lowest BCUT2D eigenvalue weighted by atomic mass is 10.1. The summed E-state index contributed by atoms with van der Waals surface area (Å²) in [6, 6.07) is 17.8. The average Bonchev–Trinajstić information content (AvgIpc) is 2.51. The fourth-order valence-electron chi connectivity index (χ4n) is 2.04. The molecule has 20 heavy (non-hydrogen) atoms. The molecule has 0 aliphatic rings. The van der Waals surface area contributed by atoms with E-state index in [9.17, 15) is 0 Å². The number of nitriles is 1. The summed E-state index contributed by atoms with van der Waals surface area (Å²) >= 11 is 3.56. The first kappa shape index (κ1) is 12.6. The number of hydrogen-bond acceptors (Lipinski definition) is 3. The second kappa shape index (κ2) is 5.32. The lowest BCUT2D eigenvalue weighted by Crippen LogP contribution is -1.94. The molecule has 0 bridgehead atoms. The summed E-state index contributed by atoms with van der Waals surface area (Å²) in [6.07, 6.45) is 1.56. The minimum absolute atomic E-state index is 0.552. The SMILES string of the molecule is N#Cc1ccc(Nc2ccc(Br)c3ccccc23)nc1. The third-order valence-corrected chi connectivity index (χ3v) is 3.72. The molecule has 3 aromatic rings. The molecule has 3 nitrogen and oxygen atoms in total. The number of hydrogen-bond donors (Lipinski definition) is 1. The van der Waals surface area contributed by atoms with Gasteiger partial charge in [-0.15, -0.1) is 0 Å². The number of nitrogens with one attached hydrogen (secondary N) is 1. The van der Waals surface area contributed by atoms with Gasteiger partial charge in [-0.2, -0.15) is 5.26 Å². The predicted octanol–water partition coefficient (Wildman–Crippen LogP) is 4.61. The van der Waals surface area contributed by atoms with Gasteiger partial charge in [0.05, 0.1) is 5.56 Å². The van der Waals surface area contributed by atoms with Crippen LogP contribution < -0.4 is 5.32 Å². The summed E-state index contributed by atoms with van der Waals surface area (Å²) < 4.78 is 1.06. The van der Waals surface area contributed by atoms with E-state index in [1.165, 1.54) is 0 Å².